The summed E-state index contributed by atoms with van der Waals surface area (Å²) in [5, 5.41) is 16.5. The number of aliphatic hydroxyl groups is 1. The molecule has 0 aliphatic rings. The van der Waals surface area contributed by atoms with Crippen LogP contribution in [0.15, 0.2) is 63.5 Å². The maximum atomic E-state index is 10.7. The molecule has 0 amide bonds. The maximum Gasteiger partial charge on any atom is 0.0891 e. The molecule has 0 fully saturated rings. The number of aromatic nitrogens is 1. The van der Waals surface area contributed by atoms with Gasteiger partial charge in [-0.15, -0.1) is 0 Å². The van der Waals surface area contributed by atoms with E-state index in [2.05, 4.69) is 98.1 Å². The zero-order chi connectivity index (χ0) is 19.8. The molecular formula is C23H22Br2N2O. The van der Waals surface area contributed by atoms with Crippen molar-refractivity contribution in [2.45, 2.75) is 26.5 Å². The molecule has 0 bridgehead atoms. The third-order valence-electron chi connectivity index (χ3n) is 4.95. The molecule has 0 saturated heterocycles. The Morgan fingerprint density at radius 3 is 1.93 bits per heavy atom. The molecule has 1 atom stereocenters. The molecule has 0 spiro atoms. The van der Waals surface area contributed by atoms with Crippen molar-refractivity contribution in [2.24, 2.45) is 0 Å². The summed E-state index contributed by atoms with van der Waals surface area (Å²) in [7, 11) is 0. The predicted octanol–water partition coefficient (Wildman–Crippen LogP) is 6.41. The molecule has 3 aromatic carbocycles. The summed E-state index contributed by atoms with van der Waals surface area (Å²) >= 11 is 7.16. The van der Waals surface area contributed by atoms with Crippen molar-refractivity contribution in [3.63, 3.8) is 0 Å². The van der Waals surface area contributed by atoms with E-state index in [0.717, 1.165) is 25.7 Å². The Morgan fingerprint density at radius 2 is 1.39 bits per heavy atom. The highest BCUT2D eigenvalue weighted by atomic mass is 79.9. The molecule has 28 heavy (non-hydrogen) atoms. The van der Waals surface area contributed by atoms with Crippen molar-refractivity contribution in [1.82, 2.24) is 4.57 Å². The standard InChI is InChI=1S/C23H22Br2N2O/c1-14-7-15(2)9-18(8-14)26-12-19(28)13-27-22-5-3-16(24)10-20(22)21-11-17(25)4-6-23(21)27/h3-11,19,26,28H,12-13H2,1-2H3. The van der Waals surface area contributed by atoms with Crippen LogP contribution in [0.3, 0.4) is 0 Å². The van der Waals surface area contributed by atoms with E-state index in [4.69, 9.17) is 0 Å². The fourth-order valence-electron chi connectivity index (χ4n) is 3.83. The van der Waals surface area contributed by atoms with Gasteiger partial charge >= 0.3 is 0 Å². The molecule has 144 valence electrons. The predicted molar refractivity (Wildman–Crippen MR) is 125 cm³/mol. The van der Waals surface area contributed by atoms with E-state index >= 15 is 0 Å². The van der Waals surface area contributed by atoms with Gasteiger partial charge in [0, 0.05) is 43.0 Å². The molecule has 5 heteroatoms. The lowest BCUT2D eigenvalue weighted by atomic mass is 10.1. The van der Waals surface area contributed by atoms with Crippen LogP contribution in [0.4, 0.5) is 5.69 Å². The molecule has 0 radical (unpaired) electrons. The third kappa shape index (κ3) is 3.97. The Kier molecular flexibility index (Phi) is 5.50. The highest BCUT2D eigenvalue weighted by Gasteiger charge is 2.14. The molecule has 0 aliphatic heterocycles. The molecule has 0 aliphatic carbocycles. The van der Waals surface area contributed by atoms with Crippen LogP contribution in [0.25, 0.3) is 21.8 Å². The van der Waals surface area contributed by atoms with Crippen LogP contribution < -0.4 is 5.32 Å². The van der Waals surface area contributed by atoms with Gasteiger partial charge < -0.3 is 15.0 Å². The van der Waals surface area contributed by atoms with E-state index < -0.39 is 6.10 Å². The van der Waals surface area contributed by atoms with Crippen LogP contribution in [0.1, 0.15) is 11.1 Å². The summed E-state index contributed by atoms with van der Waals surface area (Å²) in [5.41, 5.74) is 5.74. The molecular weight excluding hydrogens is 480 g/mol. The first-order valence-corrected chi connectivity index (χ1v) is 10.9. The molecule has 3 nitrogen and oxygen atoms in total. The van der Waals surface area contributed by atoms with Gasteiger partial charge in [0.05, 0.1) is 12.6 Å². The number of aryl methyl sites for hydroxylation is 2. The monoisotopic (exact) mass is 500 g/mol. The summed E-state index contributed by atoms with van der Waals surface area (Å²) in [5.74, 6) is 0. The van der Waals surface area contributed by atoms with Gasteiger partial charge in [-0.05, 0) is 73.5 Å². The molecule has 1 heterocycles. The van der Waals surface area contributed by atoms with Crippen molar-refractivity contribution in [2.75, 3.05) is 11.9 Å². The van der Waals surface area contributed by atoms with Crippen molar-refractivity contribution < 1.29 is 5.11 Å². The first-order valence-electron chi connectivity index (χ1n) is 9.28. The van der Waals surface area contributed by atoms with E-state index in [0.29, 0.717) is 13.1 Å². The fourth-order valence-corrected chi connectivity index (χ4v) is 4.56. The maximum absolute atomic E-state index is 10.7. The zero-order valence-corrected chi connectivity index (χ0v) is 19.0. The van der Waals surface area contributed by atoms with Crippen molar-refractivity contribution in [1.29, 1.82) is 0 Å². The number of aliphatic hydroxyl groups excluding tert-OH is 1. The van der Waals surface area contributed by atoms with E-state index in [9.17, 15) is 5.11 Å². The van der Waals surface area contributed by atoms with Gasteiger partial charge in [0.1, 0.15) is 0 Å². The first kappa shape index (κ1) is 19.5. The van der Waals surface area contributed by atoms with Crippen LogP contribution in [-0.2, 0) is 6.54 Å². The number of benzene rings is 3. The van der Waals surface area contributed by atoms with Gasteiger partial charge in [-0.2, -0.15) is 0 Å². The molecule has 1 aromatic heterocycles. The second kappa shape index (κ2) is 7.90. The lowest BCUT2D eigenvalue weighted by Gasteiger charge is -2.16. The summed E-state index contributed by atoms with van der Waals surface area (Å²) < 4.78 is 4.31. The Hall–Kier alpha value is -1.82. The topological polar surface area (TPSA) is 37.2 Å². The first-order chi connectivity index (χ1) is 13.4. The van der Waals surface area contributed by atoms with Crippen LogP contribution >= 0.6 is 31.9 Å². The molecule has 4 aromatic rings. The summed E-state index contributed by atoms with van der Waals surface area (Å²) in [6, 6.07) is 19.0. The van der Waals surface area contributed by atoms with Gasteiger partial charge in [-0.25, -0.2) is 0 Å². The smallest absolute Gasteiger partial charge is 0.0891 e. The highest BCUT2D eigenvalue weighted by molar-refractivity contribution is 9.10. The van der Waals surface area contributed by atoms with Crippen LogP contribution in [-0.4, -0.2) is 22.3 Å². The molecule has 4 rings (SSSR count). The van der Waals surface area contributed by atoms with Gasteiger partial charge in [-0.3, -0.25) is 0 Å². The number of rotatable bonds is 5. The van der Waals surface area contributed by atoms with E-state index in [1.54, 1.807) is 0 Å². The highest BCUT2D eigenvalue weighted by Crippen LogP contribution is 2.33. The second-order valence-electron chi connectivity index (χ2n) is 7.34. The Morgan fingerprint density at radius 1 is 0.857 bits per heavy atom. The quantitative estimate of drug-likeness (QED) is 0.331. The largest absolute Gasteiger partial charge is 0.389 e. The van der Waals surface area contributed by atoms with Crippen LogP contribution in [0, 0.1) is 13.8 Å². The lowest BCUT2D eigenvalue weighted by Crippen LogP contribution is -2.24. The van der Waals surface area contributed by atoms with Gasteiger partial charge in [-0.1, -0.05) is 37.9 Å². The number of halogens is 2. The van der Waals surface area contributed by atoms with Crippen LogP contribution in [0.2, 0.25) is 0 Å². The summed E-state index contributed by atoms with van der Waals surface area (Å²) in [6.07, 6.45) is -0.507. The van der Waals surface area contributed by atoms with E-state index in [1.807, 2.05) is 12.1 Å². The normalized spacial score (nSPS) is 12.6. The average Bonchev–Trinajstić information content (AvgIpc) is 2.92. The third-order valence-corrected chi connectivity index (χ3v) is 5.93. The number of hydrogen-bond donors (Lipinski definition) is 2. The van der Waals surface area contributed by atoms with Crippen LogP contribution in [0.5, 0.6) is 0 Å². The summed E-state index contributed by atoms with van der Waals surface area (Å²) in [6.45, 7) is 5.20. The minimum atomic E-state index is -0.507. The van der Waals surface area contributed by atoms with Gasteiger partial charge in [0.25, 0.3) is 0 Å². The minimum Gasteiger partial charge on any atom is -0.389 e. The number of hydrogen-bond acceptors (Lipinski definition) is 2. The number of nitrogens with one attached hydrogen (secondary N) is 1. The summed E-state index contributed by atoms with van der Waals surface area (Å²) in [4.78, 5) is 0. The molecule has 1 unspecified atom stereocenters. The van der Waals surface area contributed by atoms with E-state index in [-0.39, 0.29) is 0 Å². The SMILES string of the molecule is Cc1cc(C)cc(NCC(O)Cn2c3ccc(Br)cc3c3cc(Br)ccc32)c1. The van der Waals surface area contributed by atoms with E-state index in [1.165, 1.54) is 21.9 Å². The Labute approximate surface area is 181 Å². The lowest BCUT2D eigenvalue weighted by molar-refractivity contribution is 0.169. The minimum absolute atomic E-state index is 0.497. The number of anilines is 1. The van der Waals surface area contributed by atoms with Crippen molar-refractivity contribution in [3.05, 3.63) is 74.7 Å². The Bertz CT molecular complexity index is 1090. The van der Waals surface area contributed by atoms with Crippen molar-refractivity contribution >= 4 is 59.4 Å². The molecule has 2 N–H and O–H groups in total. The average molecular weight is 502 g/mol. The second-order valence-corrected chi connectivity index (χ2v) is 9.18. The fraction of sp³-hybridized carbons (Fsp3) is 0.217. The Balaban J connectivity index is 1.63. The zero-order valence-electron chi connectivity index (χ0n) is 15.8. The number of nitrogens with zero attached hydrogens (tertiary/aromatic N) is 1. The van der Waals surface area contributed by atoms with Gasteiger partial charge in [0.2, 0.25) is 0 Å². The van der Waals surface area contributed by atoms with Gasteiger partial charge in [0.15, 0.2) is 0 Å². The van der Waals surface area contributed by atoms with Crippen molar-refractivity contribution in [3.8, 4) is 0 Å². The molecule has 0 saturated carbocycles. The number of fused-ring (bicyclic) bond motifs is 3.